The van der Waals surface area contributed by atoms with Gasteiger partial charge in [0.25, 0.3) is 0 Å². The minimum atomic E-state index is 0.522. The van der Waals surface area contributed by atoms with E-state index in [1.165, 1.54) is 24.2 Å². The Kier molecular flexibility index (Phi) is 8.93. The van der Waals surface area contributed by atoms with Crippen LogP contribution in [0.15, 0.2) is 47.6 Å². The van der Waals surface area contributed by atoms with Crippen LogP contribution in [-0.2, 0) is 19.5 Å². The smallest absolute Gasteiger partial charge is 0.191 e. The number of nitrogens with zero attached hydrogens (tertiary/aromatic N) is 4. The number of guanidine groups is 1. The molecule has 1 aromatic carbocycles. The molecular formula is C23H33ClN6. The SMILES string of the molecule is CCN1CCN(Cc2ccc(CNC(=NC)NCCc3ccc(Cl)nc3)cc2)CC1. The van der Waals surface area contributed by atoms with E-state index in [0.717, 1.165) is 57.2 Å². The number of hydrogen-bond acceptors (Lipinski definition) is 4. The van der Waals surface area contributed by atoms with Crippen molar-refractivity contribution >= 4 is 17.6 Å². The van der Waals surface area contributed by atoms with Gasteiger partial charge in [0.05, 0.1) is 0 Å². The van der Waals surface area contributed by atoms with E-state index >= 15 is 0 Å². The van der Waals surface area contributed by atoms with Gasteiger partial charge < -0.3 is 15.5 Å². The molecule has 0 saturated carbocycles. The highest BCUT2D eigenvalue weighted by atomic mass is 35.5. The molecule has 0 unspecified atom stereocenters. The third-order valence-corrected chi connectivity index (χ3v) is 5.74. The van der Waals surface area contributed by atoms with Crippen molar-refractivity contribution in [2.24, 2.45) is 4.99 Å². The molecule has 2 heterocycles. The first kappa shape index (κ1) is 22.5. The number of nitrogens with one attached hydrogen (secondary N) is 2. The van der Waals surface area contributed by atoms with Crippen LogP contribution in [-0.4, -0.2) is 67.1 Å². The van der Waals surface area contributed by atoms with Gasteiger partial charge in [-0.15, -0.1) is 0 Å². The zero-order valence-electron chi connectivity index (χ0n) is 18.1. The van der Waals surface area contributed by atoms with Crippen molar-refractivity contribution in [3.8, 4) is 0 Å². The van der Waals surface area contributed by atoms with Crippen molar-refractivity contribution in [1.29, 1.82) is 0 Å². The molecule has 162 valence electrons. The second-order valence-electron chi connectivity index (χ2n) is 7.62. The van der Waals surface area contributed by atoms with Crippen LogP contribution >= 0.6 is 11.6 Å². The van der Waals surface area contributed by atoms with Crippen molar-refractivity contribution in [2.75, 3.05) is 46.3 Å². The van der Waals surface area contributed by atoms with Crippen molar-refractivity contribution in [3.05, 3.63) is 64.4 Å². The van der Waals surface area contributed by atoms with E-state index in [1.54, 1.807) is 7.05 Å². The summed E-state index contributed by atoms with van der Waals surface area (Å²) in [6.07, 6.45) is 2.68. The molecule has 30 heavy (non-hydrogen) atoms. The Labute approximate surface area is 185 Å². The molecule has 0 radical (unpaired) electrons. The van der Waals surface area contributed by atoms with E-state index in [4.69, 9.17) is 11.6 Å². The second-order valence-corrected chi connectivity index (χ2v) is 8.01. The van der Waals surface area contributed by atoms with Crippen LogP contribution in [0.2, 0.25) is 5.15 Å². The summed E-state index contributed by atoms with van der Waals surface area (Å²) in [6.45, 7) is 10.6. The van der Waals surface area contributed by atoms with Crippen molar-refractivity contribution < 1.29 is 0 Å². The molecule has 0 spiro atoms. The molecule has 1 fully saturated rings. The van der Waals surface area contributed by atoms with Crippen molar-refractivity contribution in [1.82, 2.24) is 25.4 Å². The Balaban J connectivity index is 1.38. The summed E-state index contributed by atoms with van der Waals surface area (Å²) in [6, 6.07) is 12.7. The quantitative estimate of drug-likeness (QED) is 0.384. The maximum Gasteiger partial charge on any atom is 0.191 e. The zero-order chi connectivity index (χ0) is 21.2. The van der Waals surface area contributed by atoms with Gasteiger partial charge in [-0.25, -0.2) is 4.98 Å². The molecular weight excluding hydrogens is 396 g/mol. The highest BCUT2D eigenvalue weighted by Gasteiger charge is 2.15. The number of hydrogen-bond donors (Lipinski definition) is 2. The highest BCUT2D eigenvalue weighted by Crippen LogP contribution is 2.10. The van der Waals surface area contributed by atoms with Crippen LogP contribution in [0.25, 0.3) is 0 Å². The molecule has 2 aromatic rings. The predicted molar refractivity (Wildman–Crippen MR) is 125 cm³/mol. The minimum absolute atomic E-state index is 0.522. The van der Waals surface area contributed by atoms with E-state index in [1.807, 2.05) is 18.3 Å². The first-order valence-electron chi connectivity index (χ1n) is 10.7. The molecule has 0 aliphatic carbocycles. The number of aromatic nitrogens is 1. The van der Waals surface area contributed by atoms with Crippen molar-refractivity contribution in [2.45, 2.75) is 26.4 Å². The fourth-order valence-corrected chi connectivity index (χ4v) is 3.68. The second kappa shape index (κ2) is 11.9. The van der Waals surface area contributed by atoms with Crippen LogP contribution in [0, 0.1) is 0 Å². The molecule has 2 N–H and O–H groups in total. The van der Waals surface area contributed by atoms with Gasteiger partial charge in [-0.2, -0.15) is 0 Å². The summed E-state index contributed by atoms with van der Waals surface area (Å²) in [5.41, 5.74) is 3.77. The van der Waals surface area contributed by atoms with Crippen LogP contribution < -0.4 is 10.6 Å². The Morgan fingerprint density at radius 2 is 1.63 bits per heavy atom. The molecule has 1 aromatic heterocycles. The third kappa shape index (κ3) is 7.27. The summed E-state index contributed by atoms with van der Waals surface area (Å²) in [5, 5.41) is 7.25. The Hall–Kier alpha value is -2.15. The topological polar surface area (TPSA) is 55.8 Å². The number of rotatable bonds is 8. The summed E-state index contributed by atoms with van der Waals surface area (Å²) in [5.74, 6) is 0.801. The largest absolute Gasteiger partial charge is 0.356 e. The van der Waals surface area contributed by atoms with Crippen molar-refractivity contribution in [3.63, 3.8) is 0 Å². The number of benzene rings is 1. The molecule has 1 aliphatic heterocycles. The minimum Gasteiger partial charge on any atom is -0.356 e. The molecule has 0 atom stereocenters. The van der Waals surface area contributed by atoms with Gasteiger partial charge in [0.1, 0.15) is 5.15 Å². The van der Waals surface area contributed by atoms with Gasteiger partial charge in [-0.3, -0.25) is 9.89 Å². The molecule has 1 aliphatic rings. The summed E-state index contributed by atoms with van der Waals surface area (Å²) < 4.78 is 0. The number of halogens is 1. The van der Waals surface area contributed by atoms with Gasteiger partial charge in [-0.05, 0) is 35.7 Å². The lowest BCUT2D eigenvalue weighted by molar-refractivity contribution is 0.132. The monoisotopic (exact) mass is 428 g/mol. The average Bonchev–Trinajstić information content (AvgIpc) is 2.79. The standard InChI is InChI=1S/C23H33ClN6/c1-3-29-12-14-30(15-13-29)18-21-6-4-19(5-7-21)17-28-23(25-2)26-11-10-20-8-9-22(24)27-16-20/h4-9,16H,3,10-15,17-18H2,1-2H3,(H2,25,26,28). The summed E-state index contributed by atoms with van der Waals surface area (Å²) in [7, 11) is 1.79. The highest BCUT2D eigenvalue weighted by molar-refractivity contribution is 6.29. The van der Waals surface area contributed by atoms with Gasteiger partial charge in [0, 0.05) is 59.1 Å². The zero-order valence-corrected chi connectivity index (χ0v) is 18.8. The van der Waals surface area contributed by atoms with E-state index in [9.17, 15) is 0 Å². The number of piperazine rings is 1. The van der Waals surface area contributed by atoms with Gasteiger partial charge in [-0.1, -0.05) is 48.9 Å². The van der Waals surface area contributed by atoms with E-state index in [0.29, 0.717) is 5.15 Å². The maximum atomic E-state index is 5.83. The summed E-state index contributed by atoms with van der Waals surface area (Å²) >= 11 is 5.83. The fraction of sp³-hybridized carbons (Fsp3) is 0.478. The maximum absolute atomic E-state index is 5.83. The summed E-state index contributed by atoms with van der Waals surface area (Å²) in [4.78, 5) is 13.5. The molecule has 6 nitrogen and oxygen atoms in total. The average molecular weight is 429 g/mol. The molecule has 0 amide bonds. The lowest BCUT2D eigenvalue weighted by atomic mass is 10.1. The Bertz CT molecular complexity index is 782. The van der Waals surface area contributed by atoms with Gasteiger partial charge in [0.2, 0.25) is 0 Å². The number of aliphatic imine (C=N–C) groups is 1. The molecule has 0 bridgehead atoms. The normalized spacial score (nSPS) is 15.9. The van der Waals surface area contributed by atoms with Gasteiger partial charge >= 0.3 is 0 Å². The Morgan fingerprint density at radius 3 is 2.27 bits per heavy atom. The first-order valence-corrected chi connectivity index (χ1v) is 11.1. The molecule has 1 saturated heterocycles. The van der Waals surface area contributed by atoms with E-state index in [2.05, 4.69) is 61.6 Å². The van der Waals surface area contributed by atoms with E-state index < -0.39 is 0 Å². The number of pyridine rings is 1. The predicted octanol–water partition coefficient (Wildman–Crippen LogP) is 2.78. The van der Waals surface area contributed by atoms with Crippen LogP contribution in [0.5, 0.6) is 0 Å². The van der Waals surface area contributed by atoms with E-state index in [-0.39, 0.29) is 0 Å². The van der Waals surface area contributed by atoms with Gasteiger partial charge in [0.15, 0.2) is 5.96 Å². The third-order valence-electron chi connectivity index (χ3n) is 5.52. The van der Waals surface area contributed by atoms with Crippen LogP contribution in [0.4, 0.5) is 0 Å². The number of likely N-dealkylation sites (N-methyl/N-ethyl adjacent to an activating group) is 1. The molecule has 7 heteroatoms. The Morgan fingerprint density at radius 1 is 0.967 bits per heavy atom. The van der Waals surface area contributed by atoms with Crippen LogP contribution in [0.1, 0.15) is 23.6 Å². The fourth-order valence-electron chi connectivity index (χ4n) is 3.57. The first-order chi connectivity index (χ1) is 14.7. The van der Waals surface area contributed by atoms with Crippen LogP contribution in [0.3, 0.4) is 0 Å². The lowest BCUT2D eigenvalue weighted by Crippen LogP contribution is -2.45. The molecule has 3 rings (SSSR count). The lowest BCUT2D eigenvalue weighted by Gasteiger charge is -2.34.